The first-order valence-electron chi connectivity index (χ1n) is 8.87. The highest BCUT2D eigenvalue weighted by atomic mass is 32.2. The number of ether oxygens (including phenoxy) is 2. The second-order valence-corrected chi connectivity index (χ2v) is 8.40. The molecule has 1 fully saturated rings. The highest BCUT2D eigenvalue weighted by Gasteiger charge is 2.25. The van der Waals surface area contributed by atoms with Crippen LogP contribution in [0.1, 0.15) is 43.7 Å². The van der Waals surface area contributed by atoms with E-state index in [1.165, 1.54) is 5.56 Å². The van der Waals surface area contributed by atoms with E-state index >= 15 is 0 Å². The summed E-state index contributed by atoms with van der Waals surface area (Å²) >= 11 is 0. The lowest BCUT2D eigenvalue weighted by molar-refractivity contribution is -0.131. The molecule has 3 rings (SSSR count). The van der Waals surface area contributed by atoms with Gasteiger partial charge >= 0.3 is 0 Å². The zero-order chi connectivity index (χ0) is 17.9. The summed E-state index contributed by atoms with van der Waals surface area (Å²) in [6.45, 7) is 2.56. The summed E-state index contributed by atoms with van der Waals surface area (Å²) in [5.41, 5.74) is 2.26. The molecule has 0 saturated carbocycles. The zero-order valence-corrected chi connectivity index (χ0v) is 15.3. The van der Waals surface area contributed by atoms with E-state index < -0.39 is 22.0 Å². The van der Waals surface area contributed by atoms with Gasteiger partial charge in [0.15, 0.2) is 0 Å². The first-order valence-corrected chi connectivity index (χ1v) is 10.4. The van der Waals surface area contributed by atoms with Crippen molar-refractivity contribution in [3.63, 3.8) is 0 Å². The molecule has 138 valence electrons. The van der Waals surface area contributed by atoms with Gasteiger partial charge in [-0.05, 0) is 68.7 Å². The molecule has 6 nitrogen and oxygen atoms in total. The van der Waals surface area contributed by atoms with Gasteiger partial charge in [-0.2, -0.15) is 0 Å². The second kappa shape index (κ2) is 7.85. The van der Waals surface area contributed by atoms with Crippen molar-refractivity contribution in [2.75, 3.05) is 13.2 Å². The van der Waals surface area contributed by atoms with Gasteiger partial charge in [-0.3, -0.25) is 4.79 Å². The van der Waals surface area contributed by atoms with Crippen LogP contribution in [0.5, 0.6) is 0 Å². The molecule has 0 aromatic heterocycles. The van der Waals surface area contributed by atoms with Gasteiger partial charge in [0.2, 0.25) is 0 Å². The Labute approximate surface area is 148 Å². The predicted octanol–water partition coefficient (Wildman–Crippen LogP) is 1.95. The first-order chi connectivity index (χ1) is 12.0. The van der Waals surface area contributed by atoms with E-state index in [9.17, 15) is 13.2 Å². The van der Waals surface area contributed by atoms with Crippen LogP contribution in [0.4, 0.5) is 0 Å². The van der Waals surface area contributed by atoms with Crippen molar-refractivity contribution in [2.45, 2.75) is 62.6 Å². The third-order valence-electron chi connectivity index (χ3n) is 4.79. The standard InChI is InChI=1S/C18H25NO5S/c1-13(24-12-16-7-4-10-23-16)18(20)19-25(21,22)17-9-8-14-5-2-3-6-15(14)11-17/h8-9,11,13,16H,2-7,10,12H2,1H3,(H,19,20)/t13-,16-/m1/s1. The normalized spacial score (nSPS) is 21.6. The lowest BCUT2D eigenvalue weighted by Gasteiger charge is -2.18. The summed E-state index contributed by atoms with van der Waals surface area (Å²) in [7, 11) is -3.89. The Hall–Kier alpha value is -1.44. The molecule has 1 aliphatic heterocycles. The number of benzene rings is 1. The number of sulfonamides is 1. The molecular formula is C18H25NO5S. The molecule has 2 aliphatic rings. The number of nitrogens with one attached hydrogen (secondary N) is 1. The molecule has 0 radical (unpaired) electrons. The monoisotopic (exact) mass is 367 g/mol. The molecule has 1 saturated heterocycles. The van der Waals surface area contributed by atoms with Gasteiger partial charge in [0.1, 0.15) is 6.10 Å². The van der Waals surface area contributed by atoms with Gasteiger partial charge in [-0.25, -0.2) is 13.1 Å². The van der Waals surface area contributed by atoms with Crippen LogP contribution in [-0.2, 0) is 37.1 Å². The van der Waals surface area contributed by atoms with Crippen LogP contribution in [0.15, 0.2) is 23.1 Å². The Kier molecular flexibility index (Phi) is 5.76. The predicted molar refractivity (Wildman–Crippen MR) is 92.8 cm³/mol. The van der Waals surface area contributed by atoms with Gasteiger partial charge in [-0.1, -0.05) is 6.07 Å². The highest BCUT2D eigenvalue weighted by Crippen LogP contribution is 2.24. The van der Waals surface area contributed by atoms with Crippen LogP contribution in [0.3, 0.4) is 0 Å². The molecule has 7 heteroatoms. The van der Waals surface area contributed by atoms with Crippen LogP contribution in [-0.4, -0.2) is 39.7 Å². The van der Waals surface area contributed by atoms with E-state index in [0.29, 0.717) is 13.2 Å². The van der Waals surface area contributed by atoms with E-state index in [4.69, 9.17) is 9.47 Å². The molecule has 1 aromatic carbocycles. The van der Waals surface area contributed by atoms with Crippen molar-refractivity contribution in [3.8, 4) is 0 Å². The first kappa shape index (κ1) is 18.4. The average Bonchev–Trinajstić information content (AvgIpc) is 3.12. The minimum Gasteiger partial charge on any atom is -0.376 e. The molecular weight excluding hydrogens is 342 g/mol. The fourth-order valence-corrected chi connectivity index (χ4v) is 4.35. The Morgan fingerprint density at radius 3 is 2.76 bits per heavy atom. The number of amides is 1. The van der Waals surface area contributed by atoms with Gasteiger partial charge < -0.3 is 9.47 Å². The van der Waals surface area contributed by atoms with Gasteiger partial charge in [-0.15, -0.1) is 0 Å². The summed E-state index contributed by atoms with van der Waals surface area (Å²) in [6.07, 6.45) is 5.10. The van der Waals surface area contributed by atoms with E-state index in [-0.39, 0.29) is 11.0 Å². The maximum absolute atomic E-state index is 12.5. The fourth-order valence-electron chi connectivity index (χ4n) is 3.25. The number of aryl methyl sites for hydroxylation is 2. The smallest absolute Gasteiger partial charge is 0.264 e. The maximum atomic E-state index is 12.5. The minimum atomic E-state index is -3.89. The molecule has 2 atom stereocenters. The van der Waals surface area contributed by atoms with E-state index in [0.717, 1.165) is 44.1 Å². The fraction of sp³-hybridized carbons (Fsp3) is 0.611. The Morgan fingerprint density at radius 1 is 1.28 bits per heavy atom. The van der Waals surface area contributed by atoms with Crippen molar-refractivity contribution in [3.05, 3.63) is 29.3 Å². The van der Waals surface area contributed by atoms with Crippen LogP contribution in [0, 0.1) is 0 Å². The molecule has 1 aromatic rings. The molecule has 1 aliphatic carbocycles. The third kappa shape index (κ3) is 4.59. The number of rotatable bonds is 6. The zero-order valence-electron chi connectivity index (χ0n) is 14.5. The van der Waals surface area contributed by atoms with Crippen molar-refractivity contribution in [1.82, 2.24) is 4.72 Å². The summed E-state index contributed by atoms with van der Waals surface area (Å²) in [4.78, 5) is 12.3. The van der Waals surface area contributed by atoms with E-state index in [1.807, 2.05) is 6.07 Å². The van der Waals surface area contributed by atoms with Crippen molar-refractivity contribution in [1.29, 1.82) is 0 Å². The van der Waals surface area contributed by atoms with Crippen LogP contribution < -0.4 is 4.72 Å². The van der Waals surface area contributed by atoms with Crippen LogP contribution in [0.25, 0.3) is 0 Å². The average molecular weight is 367 g/mol. The minimum absolute atomic E-state index is 0.00694. The molecule has 1 amide bonds. The lowest BCUT2D eigenvalue weighted by atomic mass is 9.92. The number of hydrogen-bond donors (Lipinski definition) is 1. The van der Waals surface area contributed by atoms with Gasteiger partial charge in [0, 0.05) is 6.61 Å². The number of carbonyl (C=O) groups is 1. The summed E-state index contributed by atoms with van der Waals surface area (Å²) in [6, 6.07) is 5.10. The lowest BCUT2D eigenvalue weighted by Crippen LogP contribution is -2.39. The molecule has 1 heterocycles. The molecule has 0 unspecified atom stereocenters. The van der Waals surface area contributed by atoms with Gasteiger partial charge in [0.25, 0.3) is 15.9 Å². The van der Waals surface area contributed by atoms with Crippen molar-refractivity contribution < 1.29 is 22.7 Å². The molecule has 25 heavy (non-hydrogen) atoms. The third-order valence-corrected chi connectivity index (χ3v) is 6.14. The maximum Gasteiger partial charge on any atom is 0.264 e. The van der Waals surface area contributed by atoms with Crippen molar-refractivity contribution >= 4 is 15.9 Å². The Balaban J connectivity index is 1.61. The molecule has 0 bridgehead atoms. The van der Waals surface area contributed by atoms with Crippen LogP contribution in [0.2, 0.25) is 0 Å². The number of carbonyl (C=O) groups excluding carboxylic acids is 1. The van der Waals surface area contributed by atoms with E-state index in [2.05, 4.69) is 4.72 Å². The van der Waals surface area contributed by atoms with Crippen molar-refractivity contribution in [2.24, 2.45) is 0 Å². The second-order valence-electron chi connectivity index (χ2n) is 6.72. The SMILES string of the molecule is C[C@@H](OC[C@H]1CCCO1)C(=O)NS(=O)(=O)c1ccc2c(c1)CCCC2. The molecule has 0 spiro atoms. The van der Waals surface area contributed by atoms with Crippen LogP contribution >= 0.6 is 0 Å². The number of hydrogen-bond acceptors (Lipinski definition) is 5. The van der Waals surface area contributed by atoms with E-state index in [1.54, 1.807) is 19.1 Å². The summed E-state index contributed by atoms with van der Waals surface area (Å²) in [5, 5.41) is 0. The Morgan fingerprint density at radius 2 is 2.04 bits per heavy atom. The number of fused-ring (bicyclic) bond motifs is 1. The highest BCUT2D eigenvalue weighted by molar-refractivity contribution is 7.90. The van der Waals surface area contributed by atoms with Gasteiger partial charge in [0.05, 0.1) is 17.6 Å². The summed E-state index contributed by atoms with van der Waals surface area (Å²) in [5.74, 6) is -0.657. The summed E-state index contributed by atoms with van der Waals surface area (Å²) < 4.78 is 38.0. The quantitative estimate of drug-likeness (QED) is 0.831. The Bertz CT molecular complexity index is 725. The molecule has 1 N–H and O–H groups in total. The largest absolute Gasteiger partial charge is 0.376 e. The topological polar surface area (TPSA) is 81.7 Å².